The summed E-state index contributed by atoms with van der Waals surface area (Å²) in [6.07, 6.45) is 0.634. The minimum atomic E-state index is -0.720. The van der Waals surface area contributed by atoms with E-state index in [9.17, 15) is 9.90 Å². The molecule has 7 heteroatoms. The lowest BCUT2D eigenvalue weighted by molar-refractivity contribution is -0.125. The Hall–Kier alpha value is -2.41. The highest BCUT2D eigenvalue weighted by molar-refractivity contribution is 6.30. The van der Waals surface area contributed by atoms with Gasteiger partial charge in [-0.25, -0.2) is 0 Å². The van der Waals surface area contributed by atoms with Gasteiger partial charge in [-0.2, -0.15) is 10.1 Å². The van der Waals surface area contributed by atoms with E-state index in [1.54, 1.807) is 17.1 Å². The Balaban J connectivity index is 1.59. The number of benzene rings is 2. The second kappa shape index (κ2) is 7.38. The highest BCUT2D eigenvalue weighted by atomic mass is 35.5. The summed E-state index contributed by atoms with van der Waals surface area (Å²) in [5.41, 5.74) is 3.25. The fourth-order valence-electron chi connectivity index (χ4n) is 5.23. The van der Waals surface area contributed by atoms with Gasteiger partial charge in [-0.05, 0) is 49.2 Å². The largest absolute Gasteiger partial charge is 0.395 e. The smallest absolute Gasteiger partial charge is 0.261 e. The SMILES string of the molecule is CC1=NN(c2ccc(Cl)cc2)C(=O)[C@@]12Cc1ccccc1N1CCN(CCO)C[C@@H]12. The van der Waals surface area contributed by atoms with Gasteiger partial charge in [0.25, 0.3) is 5.91 Å². The Bertz CT molecular complexity index is 1010. The highest BCUT2D eigenvalue weighted by Gasteiger charge is 2.59. The normalized spacial score (nSPS) is 26.0. The first-order valence-corrected chi connectivity index (χ1v) is 10.8. The lowest BCUT2D eigenvalue weighted by Crippen LogP contribution is -2.67. The molecule has 6 nitrogen and oxygen atoms in total. The summed E-state index contributed by atoms with van der Waals surface area (Å²) < 4.78 is 0. The van der Waals surface area contributed by atoms with Gasteiger partial charge in [0.05, 0.1) is 24.0 Å². The maximum atomic E-state index is 14.0. The van der Waals surface area contributed by atoms with Crippen molar-refractivity contribution in [2.45, 2.75) is 19.4 Å². The van der Waals surface area contributed by atoms with Crippen molar-refractivity contribution in [3.05, 3.63) is 59.1 Å². The first-order valence-electron chi connectivity index (χ1n) is 10.4. The summed E-state index contributed by atoms with van der Waals surface area (Å²) in [6, 6.07) is 15.6. The van der Waals surface area contributed by atoms with Crippen LogP contribution in [0.4, 0.5) is 11.4 Å². The Morgan fingerprint density at radius 3 is 2.70 bits per heavy atom. The molecular weight excluding hydrogens is 400 g/mol. The zero-order valence-corrected chi connectivity index (χ0v) is 17.7. The van der Waals surface area contributed by atoms with Crippen LogP contribution in [0.1, 0.15) is 12.5 Å². The molecule has 3 heterocycles. The van der Waals surface area contributed by atoms with Gasteiger partial charge in [0, 0.05) is 36.9 Å². The maximum Gasteiger partial charge on any atom is 0.261 e. The number of hydrogen-bond acceptors (Lipinski definition) is 5. The molecule has 1 amide bonds. The zero-order chi connectivity index (χ0) is 20.9. The van der Waals surface area contributed by atoms with Crippen molar-refractivity contribution in [1.29, 1.82) is 0 Å². The van der Waals surface area contributed by atoms with Gasteiger partial charge in [0.2, 0.25) is 0 Å². The summed E-state index contributed by atoms with van der Waals surface area (Å²) >= 11 is 6.05. The Morgan fingerprint density at radius 2 is 1.93 bits per heavy atom. The summed E-state index contributed by atoms with van der Waals surface area (Å²) in [5.74, 6) is 0.0117. The first kappa shape index (κ1) is 19.5. The van der Waals surface area contributed by atoms with Gasteiger partial charge in [-0.15, -0.1) is 0 Å². The third-order valence-corrected chi connectivity index (χ3v) is 7.01. The molecule has 1 N–H and O–H groups in total. The molecular formula is C23H25ClN4O2. The fourth-order valence-corrected chi connectivity index (χ4v) is 5.35. The van der Waals surface area contributed by atoms with Crippen LogP contribution in [0, 0.1) is 5.41 Å². The number of carbonyl (C=O) groups excluding carboxylic acids is 1. The number of aliphatic hydroxyl groups is 1. The standard InChI is InChI=1S/C23H25ClN4O2/c1-16-23(22(30)28(25-16)19-8-6-18(24)7-9-19)14-17-4-2-3-5-20(17)27-11-10-26(12-13-29)15-21(23)27/h2-9,21,29H,10-15H2,1H3/t21-,23+/m1/s1. The number of hydrogen-bond donors (Lipinski definition) is 1. The molecule has 2 atom stereocenters. The van der Waals surface area contributed by atoms with Gasteiger partial charge in [0.1, 0.15) is 5.41 Å². The van der Waals surface area contributed by atoms with Crippen molar-refractivity contribution >= 4 is 34.6 Å². The Morgan fingerprint density at radius 1 is 1.17 bits per heavy atom. The van der Waals surface area contributed by atoms with E-state index in [0.29, 0.717) is 18.0 Å². The minimum absolute atomic E-state index is 0.0117. The fraction of sp³-hybridized carbons (Fsp3) is 0.391. The number of halogens is 1. The molecule has 1 spiro atoms. The van der Waals surface area contributed by atoms with Crippen LogP contribution in [0.2, 0.25) is 5.02 Å². The summed E-state index contributed by atoms with van der Waals surface area (Å²) in [4.78, 5) is 18.6. The molecule has 0 aliphatic carbocycles. The average Bonchev–Trinajstić information content (AvgIpc) is 3.00. The lowest BCUT2D eigenvalue weighted by Gasteiger charge is -2.53. The molecule has 0 radical (unpaired) electrons. The number of anilines is 2. The van der Waals surface area contributed by atoms with E-state index in [2.05, 4.69) is 28.0 Å². The second-order valence-corrected chi connectivity index (χ2v) is 8.73. The van der Waals surface area contributed by atoms with Crippen molar-refractivity contribution < 1.29 is 9.90 Å². The van der Waals surface area contributed by atoms with Gasteiger partial charge in [0.15, 0.2) is 0 Å². The van der Waals surface area contributed by atoms with E-state index in [4.69, 9.17) is 16.7 Å². The van der Waals surface area contributed by atoms with Crippen molar-refractivity contribution in [2.75, 3.05) is 42.7 Å². The van der Waals surface area contributed by atoms with Gasteiger partial charge < -0.3 is 10.0 Å². The number of amides is 1. The third-order valence-electron chi connectivity index (χ3n) is 6.76. The van der Waals surface area contributed by atoms with E-state index >= 15 is 0 Å². The number of β-amino-alcohol motifs (C(OH)–C–C–N with tert-alkyl or cyclic N) is 1. The van der Waals surface area contributed by atoms with Gasteiger partial charge in [-0.1, -0.05) is 29.8 Å². The van der Waals surface area contributed by atoms with E-state index in [0.717, 1.165) is 31.0 Å². The summed E-state index contributed by atoms with van der Waals surface area (Å²) in [7, 11) is 0. The molecule has 2 aromatic rings. The number of fused-ring (bicyclic) bond motifs is 4. The third kappa shape index (κ3) is 2.86. The van der Waals surface area contributed by atoms with Crippen molar-refractivity contribution in [3.8, 4) is 0 Å². The van der Waals surface area contributed by atoms with Gasteiger partial charge >= 0.3 is 0 Å². The molecule has 30 heavy (non-hydrogen) atoms. The second-order valence-electron chi connectivity index (χ2n) is 8.29. The number of para-hydroxylation sites is 1. The van der Waals surface area contributed by atoms with Crippen LogP contribution in [0.5, 0.6) is 0 Å². The highest BCUT2D eigenvalue weighted by Crippen LogP contribution is 2.48. The molecule has 1 saturated heterocycles. The summed E-state index contributed by atoms with van der Waals surface area (Å²) in [6.45, 7) is 5.13. The molecule has 0 saturated carbocycles. The number of carbonyl (C=O) groups is 1. The molecule has 2 aromatic carbocycles. The van der Waals surface area contributed by atoms with Crippen LogP contribution in [0.3, 0.4) is 0 Å². The first-order chi connectivity index (χ1) is 14.5. The molecule has 0 aromatic heterocycles. The van der Waals surface area contributed by atoms with Crippen molar-refractivity contribution in [3.63, 3.8) is 0 Å². The lowest BCUT2D eigenvalue weighted by atomic mass is 9.67. The number of hydrazone groups is 1. The monoisotopic (exact) mass is 424 g/mol. The van der Waals surface area contributed by atoms with Crippen molar-refractivity contribution in [2.24, 2.45) is 10.5 Å². The van der Waals surface area contributed by atoms with Crippen LogP contribution in [-0.4, -0.2) is 60.5 Å². The Kier molecular flexibility index (Phi) is 4.81. The molecule has 0 bridgehead atoms. The predicted octanol–water partition coefficient (Wildman–Crippen LogP) is 2.79. The maximum absolute atomic E-state index is 14.0. The predicted molar refractivity (Wildman–Crippen MR) is 119 cm³/mol. The van der Waals surface area contributed by atoms with E-state index in [1.807, 2.05) is 25.1 Å². The van der Waals surface area contributed by atoms with Crippen LogP contribution in [-0.2, 0) is 11.2 Å². The topological polar surface area (TPSA) is 59.4 Å². The minimum Gasteiger partial charge on any atom is -0.395 e. The molecule has 5 rings (SSSR count). The molecule has 3 aliphatic rings. The van der Waals surface area contributed by atoms with E-state index in [-0.39, 0.29) is 18.6 Å². The number of piperazine rings is 1. The number of nitrogens with zero attached hydrogens (tertiary/aromatic N) is 4. The molecule has 1 fully saturated rings. The zero-order valence-electron chi connectivity index (χ0n) is 17.0. The van der Waals surface area contributed by atoms with E-state index in [1.165, 1.54) is 11.3 Å². The molecule has 156 valence electrons. The molecule has 3 aliphatic heterocycles. The van der Waals surface area contributed by atoms with Crippen LogP contribution < -0.4 is 9.91 Å². The van der Waals surface area contributed by atoms with Gasteiger partial charge in [-0.3, -0.25) is 9.69 Å². The van der Waals surface area contributed by atoms with Crippen LogP contribution >= 0.6 is 11.6 Å². The van der Waals surface area contributed by atoms with Crippen LogP contribution in [0.25, 0.3) is 0 Å². The Labute approximate surface area is 181 Å². The molecule has 0 unspecified atom stereocenters. The quantitative estimate of drug-likeness (QED) is 0.823. The van der Waals surface area contributed by atoms with Crippen molar-refractivity contribution in [1.82, 2.24) is 4.90 Å². The average molecular weight is 425 g/mol. The van der Waals surface area contributed by atoms with E-state index < -0.39 is 5.41 Å². The number of rotatable bonds is 3. The number of aliphatic hydroxyl groups excluding tert-OH is 1. The van der Waals surface area contributed by atoms with Crippen LogP contribution in [0.15, 0.2) is 53.6 Å². The summed E-state index contributed by atoms with van der Waals surface area (Å²) in [5, 5.41) is 16.4.